The molecule has 11 heavy (non-hydrogen) atoms. The fourth-order valence-corrected chi connectivity index (χ4v) is 1.65. The Labute approximate surface area is 70.4 Å². The monoisotopic (exact) mass is 172 g/mol. The quantitative estimate of drug-likeness (QED) is 0.686. The van der Waals surface area contributed by atoms with Crippen molar-refractivity contribution in [1.82, 2.24) is 9.78 Å². The molecule has 0 aliphatic carbocycles. The van der Waals surface area contributed by atoms with Gasteiger partial charge in [-0.1, -0.05) is 0 Å². The average Bonchev–Trinajstić information content (AvgIpc) is 2.26. The predicted molar refractivity (Wildman–Crippen MR) is 45.8 cm³/mol. The molecule has 0 aliphatic rings. The molecule has 1 heterocycles. The number of aromatic nitrogens is 2. The highest BCUT2D eigenvalue weighted by molar-refractivity contribution is 7.99. The van der Waals surface area contributed by atoms with Crippen LogP contribution in [0.1, 0.15) is 5.69 Å². The van der Waals surface area contributed by atoms with Crippen LogP contribution in [0.5, 0.6) is 0 Å². The molecule has 0 bridgehead atoms. The van der Waals surface area contributed by atoms with Crippen molar-refractivity contribution in [3.8, 4) is 0 Å². The van der Waals surface area contributed by atoms with Gasteiger partial charge in [-0.15, -0.1) is 11.8 Å². The van der Waals surface area contributed by atoms with E-state index < -0.39 is 0 Å². The molecule has 0 saturated carbocycles. The molecule has 0 amide bonds. The second-order valence-electron chi connectivity index (χ2n) is 2.32. The largest absolute Gasteiger partial charge is 0.396 e. The number of nitrogens with zero attached hydrogens (tertiary/aromatic N) is 2. The van der Waals surface area contributed by atoms with E-state index in [0.29, 0.717) is 0 Å². The molecule has 1 aromatic heterocycles. The van der Waals surface area contributed by atoms with Crippen molar-refractivity contribution >= 4 is 11.8 Å². The number of aryl methyl sites for hydroxylation is 2. The van der Waals surface area contributed by atoms with Gasteiger partial charge in [0.25, 0.3) is 0 Å². The molecule has 0 fully saturated rings. The van der Waals surface area contributed by atoms with Crippen LogP contribution in [0.4, 0.5) is 0 Å². The van der Waals surface area contributed by atoms with E-state index in [9.17, 15) is 0 Å². The van der Waals surface area contributed by atoms with E-state index in [1.807, 2.05) is 24.7 Å². The number of thioether (sulfide) groups is 1. The van der Waals surface area contributed by atoms with Gasteiger partial charge in [0.2, 0.25) is 0 Å². The summed E-state index contributed by atoms with van der Waals surface area (Å²) in [4.78, 5) is 0. The fourth-order valence-electron chi connectivity index (χ4n) is 0.872. The fraction of sp³-hybridized carbons (Fsp3) is 0.571. The zero-order valence-electron chi connectivity index (χ0n) is 6.74. The van der Waals surface area contributed by atoms with Gasteiger partial charge in [-0.05, 0) is 13.0 Å². The molecule has 0 spiro atoms. The van der Waals surface area contributed by atoms with Gasteiger partial charge < -0.3 is 5.11 Å². The summed E-state index contributed by atoms with van der Waals surface area (Å²) >= 11 is 1.62. The summed E-state index contributed by atoms with van der Waals surface area (Å²) in [5, 5.41) is 13.9. The van der Waals surface area contributed by atoms with E-state index >= 15 is 0 Å². The first kappa shape index (κ1) is 8.62. The zero-order chi connectivity index (χ0) is 8.27. The Morgan fingerprint density at radius 2 is 2.45 bits per heavy atom. The first-order chi connectivity index (χ1) is 5.24. The van der Waals surface area contributed by atoms with Crippen LogP contribution in [0, 0.1) is 6.92 Å². The lowest BCUT2D eigenvalue weighted by molar-refractivity contribution is 0.322. The lowest BCUT2D eigenvalue weighted by Crippen LogP contribution is -1.94. The van der Waals surface area contributed by atoms with Crippen molar-refractivity contribution in [2.75, 3.05) is 12.4 Å². The Morgan fingerprint density at radius 1 is 1.73 bits per heavy atom. The molecular weight excluding hydrogens is 160 g/mol. The van der Waals surface area contributed by atoms with Gasteiger partial charge in [0, 0.05) is 12.8 Å². The molecule has 4 heteroatoms. The van der Waals surface area contributed by atoms with Crippen LogP contribution in [0.3, 0.4) is 0 Å². The zero-order valence-corrected chi connectivity index (χ0v) is 7.56. The summed E-state index contributed by atoms with van der Waals surface area (Å²) in [6, 6.07) is 2.01. The minimum Gasteiger partial charge on any atom is -0.396 e. The third-order valence-corrected chi connectivity index (χ3v) is 2.36. The molecule has 1 rings (SSSR count). The lowest BCUT2D eigenvalue weighted by Gasteiger charge is -1.97. The van der Waals surface area contributed by atoms with E-state index in [-0.39, 0.29) is 6.61 Å². The van der Waals surface area contributed by atoms with Crippen LogP contribution in [-0.4, -0.2) is 27.2 Å². The molecular formula is C7H12N2OS. The first-order valence-corrected chi connectivity index (χ1v) is 4.47. The van der Waals surface area contributed by atoms with Crippen molar-refractivity contribution in [3.63, 3.8) is 0 Å². The van der Waals surface area contributed by atoms with E-state index in [0.717, 1.165) is 16.5 Å². The Hall–Kier alpha value is -0.480. The molecule has 0 aliphatic heterocycles. The molecule has 3 nitrogen and oxygen atoms in total. The summed E-state index contributed by atoms with van der Waals surface area (Å²) in [5.41, 5.74) is 1.02. The van der Waals surface area contributed by atoms with Gasteiger partial charge in [-0.25, -0.2) is 0 Å². The molecule has 0 atom stereocenters. The molecule has 0 unspecified atom stereocenters. The minimum atomic E-state index is 0.217. The summed E-state index contributed by atoms with van der Waals surface area (Å²) in [6.45, 7) is 2.18. The second-order valence-corrected chi connectivity index (χ2v) is 3.43. The predicted octanol–water partition coefficient (Wildman–Crippen LogP) is 0.813. The van der Waals surface area contributed by atoms with Crippen LogP contribution in [0.2, 0.25) is 0 Å². The Kier molecular flexibility index (Phi) is 2.96. The number of aliphatic hydroxyl groups is 1. The van der Waals surface area contributed by atoms with E-state index in [2.05, 4.69) is 5.10 Å². The highest BCUT2D eigenvalue weighted by Crippen LogP contribution is 2.16. The molecule has 0 saturated heterocycles. The van der Waals surface area contributed by atoms with Crippen LogP contribution in [-0.2, 0) is 7.05 Å². The number of rotatable bonds is 3. The molecule has 62 valence electrons. The van der Waals surface area contributed by atoms with Crippen LogP contribution < -0.4 is 0 Å². The maximum atomic E-state index is 8.57. The number of hydrogen-bond acceptors (Lipinski definition) is 3. The average molecular weight is 172 g/mol. The Morgan fingerprint density at radius 3 is 2.91 bits per heavy atom. The normalized spacial score (nSPS) is 10.5. The summed E-state index contributed by atoms with van der Waals surface area (Å²) in [7, 11) is 1.91. The second kappa shape index (κ2) is 3.78. The maximum Gasteiger partial charge on any atom is 0.0940 e. The van der Waals surface area contributed by atoms with E-state index in [1.54, 1.807) is 11.8 Å². The lowest BCUT2D eigenvalue weighted by atomic mass is 10.5. The smallest absolute Gasteiger partial charge is 0.0940 e. The molecule has 1 aromatic rings. The molecule has 1 N–H and O–H groups in total. The Balaban J connectivity index is 2.62. The summed E-state index contributed by atoms with van der Waals surface area (Å²) < 4.78 is 1.83. The SMILES string of the molecule is Cc1cc(SCCO)n(C)n1. The van der Waals surface area contributed by atoms with Gasteiger partial charge in [0.15, 0.2) is 0 Å². The Bertz CT molecular complexity index is 234. The van der Waals surface area contributed by atoms with E-state index in [1.165, 1.54) is 0 Å². The third-order valence-electron chi connectivity index (χ3n) is 1.30. The third kappa shape index (κ3) is 2.24. The number of aliphatic hydroxyl groups excluding tert-OH is 1. The van der Waals surface area contributed by atoms with E-state index in [4.69, 9.17) is 5.11 Å². The topological polar surface area (TPSA) is 38.0 Å². The number of hydrogen-bond donors (Lipinski definition) is 1. The van der Waals surface area contributed by atoms with Gasteiger partial charge in [-0.2, -0.15) is 5.10 Å². The summed E-state index contributed by atoms with van der Waals surface area (Å²) in [5.74, 6) is 0.735. The van der Waals surface area contributed by atoms with Gasteiger partial charge in [0.1, 0.15) is 0 Å². The van der Waals surface area contributed by atoms with Gasteiger partial charge in [-0.3, -0.25) is 4.68 Å². The van der Waals surface area contributed by atoms with Crippen molar-refractivity contribution < 1.29 is 5.11 Å². The highest BCUT2D eigenvalue weighted by atomic mass is 32.2. The highest BCUT2D eigenvalue weighted by Gasteiger charge is 2.00. The molecule has 0 radical (unpaired) electrons. The van der Waals surface area contributed by atoms with Crippen molar-refractivity contribution in [2.24, 2.45) is 7.05 Å². The maximum absolute atomic E-state index is 8.57. The minimum absolute atomic E-state index is 0.217. The van der Waals surface area contributed by atoms with Gasteiger partial charge >= 0.3 is 0 Å². The van der Waals surface area contributed by atoms with Crippen LogP contribution >= 0.6 is 11.8 Å². The first-order valence-electron chi connectivity index (χ1n) is 3.48. The standard InChI is InChI=1S/C7H12N2OS/c1-6-5-7(9(2)8-6)11-4-3-10/h5,10H,3-4H2,1-2H3. The van der Waals surface area contributed by atoms with Crippen LogP contribution in [0.25, 0.3) is 0 Å². The summed E-state index contributed by atoms with van der Waals surface area (Å²) in [6.07, 6.45) is 0. The van der Waals surface area contributed by atoms with Crippen molar-refractivity contribution in [2.45, 2.75) is 11.9 Å². The van der Waals surface area contributed by atoms with Crippen LogP contribution in [0.15, 0.2) is 11.1 Å². The molecule has 0 aromatic carbocycles. The van der Waals surface area contributed by atoms with Crippen molar-refractivity contribution in [1.29, 1.82) is 0 Å². The van der Waals surface area contributed by atoms with Gasteiger partial charge in [0.05, 0.1) is 17.3 Å². The van der Waals surface area contributed by atoms with Crippen molar-refractivity contribution in [3.05, 3.63) is 11.8 Å².